The number of ether oxygens (including phenoxy) is 2. The van der Waals surface area contributed by atoms with E-state index in [2.05, 4.69) is 9.72 Å². The molecule has 1 saturated heterocycles. The molecule has 0 amide bonds. The quantitative estimate of drug-likeness (QED) is 0.807. The van der Waals surface area contributed by atoms with E-state index < -0.39 is 5.97 Å². The standard InChI is InChI=1S/C13H13ClN2O4S/c1-18-12(17)10-11(14)15-13(21-10)16-4-6-20-9(7-16)8-3-2-5-19-8/h2-3,5,9H,4,6-7H2,1H3. The summed E-state index contributed by atoms with van der Waals surface area (Å²) in [5.41, 5.74) is 0. The van der Waals surface area contributed by atoms with Crippen LogP contribution in [-0.4, -0.2) is 37.8 Å². The van der Waals surface area contributed by atoms with Gasteiger partial charge in [0.05, 0.1) is 26.5 Å². The first-order valence-electron chi connectivity index (χ1n) is 6.33. The van der Waals surface area contributed by atoms with Crippen molar-refractivity contribution in [1.82, 2.24) is 4.98 Å². The molecule has 0 N–H and O–H groups in total. The van der Waals surface area contributed by atoms with Gasteiger partial charge in [0.2, 0.25) is 0 Å². The van der Waals surface area contributed by atoms with Gasteiger partial charge < -0.3 is 18.8 Å². The molecule has 0 saturated carbocycles. The van der Waals surface area contributed by atoms with Crippen LogP contribution in [0.2, 0.25) is 5.15 Å². The summed E-state index contributed by atoms with van der Waals surface area (Å²) in [5.74, 6) is 0.301. The van der Waals surface area contributed by atoms with Crippen LogP contribution in [0.25, 0.3) is 0 Å². The minimum Gasteiger partial charge on any atom is -0.467 e. The zero-order valence-electron chi connectivity index (χ0n) is 11.2. The first kappa shape index (κ1) is 14.4. The smallest absolute Gasteiger partial charge is 0.351 e. The van der Waals surface area contributed by atoms with Gasteiger partial charge in [0.15, 0.2) is 15.2 Å². The number of aromatic nitrogens is 1. The number of esters is 1. The predicted molar refractivity (Wildman–Crippen MR) is 78.1 cm³/mol. The molecule has 2 aromatic heterocycles. The second-order valence-corrected chi connectivity index (χ2v) is 5.76. The van der Waals surface area contributed by atoms with Crippen LogP contribution in [-0.2, 0) is 9.47 Å². The fourth-order valence-corrected chi connectivity index (χ4v) is 3.35. The summed E-state index contributed by atoms with van der Waals surface area (Å²) in [6, 6.07) is 3.70. The largest absolute Gasteiger partial charge is 0.467 e. The van der Waals surface area contributed by atoms with E-state index >= 15 is 0 Å². The van der Waals surface area contributed by atoms with Crippen LogP contribution in [0.1, 0.15) is 21.5 Å². The van der Waals surface area contributed by atoms with E-state index in [1.54, 1.807) is 6.26 Å². The van der Waals surface area contributed by atoms with Crippen molar-refractivity contribution in [2.24, 2.45) is 0 Å². The maximum atomic E-state index is 11.6. The Morgan fingerprint density at radius 1 is 1.62 bits per heavy atom. The van der Waals surface area contributed by atoms with Gasteiger partial charge in [-0.3, -0.25) is 0 Å². The van der Waals surface area contributed by atoms with E-state index in [0.717, 1.165) is 5.76 Å². The molecular weight excluding hydrogens is 316 g/mol. The lowest BCUT2D eigenvalue weighted by atomic mass is 10.2. The molecule has 0 aliphatic carbocycles. The van der Waals surface area contributed by atoms with Crippen LogP contribution in [0.5, 0.6) is 0 Å². The Hall–Kier alpha value is -1.57. The van der Waals surface area contributed by atoms with Gasteiger partial charge in [-0.1, -0.05) is 22.9 Å². The first-order chi connectivity index (χ1) is 10.2. The molecule has 1 aliphatic heterocycles. The minimum atomic E-state index is -0.473. The van der Waals surface area contributed by atoms with Gasteiger partial charge >= 0.3 is 5.97 Å². The SMILES string of the molecule is COC(=O)c1sc(N2CCOC(c3ccco3)C2)nc1Cl. The summed E-state index contributed by atoms with van der Waals surface area (Å²) in [4.78, 5) is 18.2. The number of carbonyl (C=O) groups is 1. The van der Waals surface area contributed by atoms with Crippen LogP contribution in [0, 0.1) is 0 Å². The summed E-state index contributed by atoms with van der Waals surface area (Å²) in [6.07, 6.45) is 1.46. The third-order valence-electron chi connectivity index (χ3n) is 3.14. The molecule has 1 aliphatic rings. The van der Waals surface area contributed by atoms with Crippen LogP contribution in [0.4, 0.5) is 5.13 Å². The van der Waals surface area contributed by atoms with Gasteiger partial charge in [0, 0.05) is 6.54 Å². The molecule has 21 heavy (non-hydrogen) atoms. The lowest BCUT2D eigenvalue weighted by Crippen LogP contribution is -2.38. The number of carbonyl (C=O) groups excluding carboxylic acids is 1. The number of hydrogen-bond donors (Lipinski definition) is 0. The molecule has 3 rings (SSSR count). The highest BCUT2D eigenvalue weighted by molar-refractivity contribution is 7.18. The van der Waals surface area contributed by atoms with E-state index in [9.17, 15) is 4.79 Å². The Bertz CT molecular complexity index is 628. The normalized spacial score (nSPS) is 18.8. The summed E-state index contributed by atoms with van der Waals surface area (Å²) < 4.78 is 15.8. The average Bonchev–Trinajstić information content (AvgIpc) is 3.16. The fraction of sp³-hybridized carbons (Fsp3) is 0.385. The van der Waals surface area contributed by atoms with Crippen molar-refractivity contribution in [2.45, 2.75) is 6.10 Å². The maximum absolute atomic E-state index is 11.6. The number of nitrogens with zero attached hydrogens (tertiary/aromatic N) is 2. The van der Waals surface area contributed by atoms with E-state index in [0.29, 0.717) is 29.7 Å². The van der Waals surface area contributed by atoms with Crippen LogP contribution >= 0.6 is 22.9 Å². The molecule has 1 unspecified atom stereocenters. The molecule has 0 spiro atoms. The molecule has 0 aromatic carbocycles. The molecule has 2 aromatic rings. The predicted octanol–water partition coefficient (Wildman–Crippen LogP) is 2.75. The van der Waals surface area contributed by atoms with E-state index in [4.69, 9.17) is 20.8 Å². The number of thiazole rings is 1. The zero-order chi connectivity index (χ0) is 14.8. The number of methoxy groups -OCH3 is 1. The van der Waals surface area contributed by atoms with Crippen LogP contribution < -0.4 is 4.90 Å². The molecule has 8 heteroatoms. The molecule has 6 nitrogen and oxygen atoms in total. The Kier molecular flexibility index (Phi) is 4.14. The Balaban J connectivity index is 1.79. The number of halogens is 1. The molecular formula is C13H13ClN2O4S. The summed E-state index contributed by atoms with van der Waals surface area (Å²) in [5, 5.41) is 0.850. The lowest BCUT2D eigenvalue weighted by molar-refractivity contribution is 0.0257. The monoisotopic (exact) mass is 328 g/mol. The van der Waals surface area contributed by atoms with Crippen LogP contribution in [0.3, 0.4) is 0 Å². The molecule has 0 radical (unpaired) electrons. The summed E-state index contributed by atoms with van der Waals surface area (Å²) in [7, 11) is 1.32. The fourth-order valence-electron chi connectivity index (χ4n) is 2.11. The second kappa shape index (κ2) is 6.05. The molecule has 1 fully saturated rings. The third kappa shape index (κ3) is 2.90. The average molecular weight is 329 g/mol. The first-order valence-corrected chi connectivity index (χ1v) is 7.53. The minimum absolute atomic E-state index is 0.155. The van der Waals surface area contributed by atoms with Gasteiger partial charge in [0.25, 0.3) is 0 Å². The summed E-state index contributed by atoms with van der Waals surface area (Å²) in [6.45, 7) is 1.83. The van der Waals surface area contributed by atoms with Crippen molar-refractivity contribution < 1.29 is 18.7 Å². The highest BCUT2D eigenvalue weighted by Gasteiger charge is 2.27. The van der Waals surface area contributed by atoms with Crippen molar-refractivity contribution in [3.8, 4) is 0 Å². The number of furan rings is 1. The zero-order valence-corrected chi connectivity index (χ0v) is 12.8. The van der Waals surface area contributed by atoms with Crippen molar-refractivity contribution in [3.63, 3.8) is 0 Å². The van der Waals surface area contributed by atoms with Gasteiger partial charge in [0.1, 0.15) is 11.9 Å². The number of morpholine rings is 1. The molecule has 3 heterocycles. The Labute approximate surface area is 130 Å². The molecule has 112 valence electrons. The van der Waals surface area contributed by atoms with E-state index in [-0.39, 0.29) is 11.3 Å². The number of hydrogen-bond acceptors (Lipinski definition) is 7. The highest BCUT2D eigenvalue weighted by atomic mass is 35.5. The van der Waals surface area contributed by atoms with Gasteiger partial charge in [-0.05, 0) is 12.1 Å². The molecule has 1 atom stereocenters. The molecule has 0 bridgehead atoms. The Morgan fingerprint density at radius 2 is 2.48 bits per heavy atom. The van der Waals surface area contributed by atoms with Gasteiger partial charge in [-0.25, -0.2) is 9.78 Å². The number of rotatable bonds is 3. The van der Waals surface area contributed by atoms with Crippen molar-refractivity contribution in [3.05, 3.63) is 34.2 Å². The second-order valence-electron chi connectivity index (χ2n) is 4.43. The van der Waals surface area contributed by atoms with Crippen molar-refractivity contribution in [2.75, 3.05) is 31.7 Å². The van der Waals surface area contributed by atoms with Gasteiger partial charge in [-0.2, -0.15) is 0 Å². The third-order valence-corrected chi connectivity index (χ3v) is 4.62. The Morgan fingerprint density at radius 3 is 3.19 bits per heavy atom. The number of anilines is 1. The lowest BCUT2D eigenvalue weighted by Gasteiger charge is -2.31. The van der Waals surface area contributed by atoms with Crippen molar-refractivity contribution in [1.29, 1.82) is 0 Å². The van der Waals surface area contributed by atoms with Crippen molar-refractivity contribution >= 4 is 34.0 Å². The van der Waals surface area contributed by atoms with E-state index in [1.807, 2.05) is 17.0 Å². The van der Waals surface area contributed by atoms with Gasteiger partial charge in [-0.15, -0.1) is 0 Å². The highest BCUT2D eigenvalue weighted by Crippen LogP contribution is 2.33. The van der Waals surface area contributed by atoms with Crippen LogP contribution in [0.15, 0.2) is 22.8 Å². The summed E-state index contributed by atoms with van der Waals surface area (Å²) >= 11 is 7.22. The maximum Gasteiger partial charge on any atom is 0.351 e. The topological polar surface area (TPSA) is 64.8 Å². The van der Waals surface area contributed by atoms with E-state index in [1.165, 1.54) is 18.4 Å².